The second kappa shape index (κ2) is 6.21. The lowest BCUT2D eigenvalue weighted by Crippen LogP contribution is -2.10. The van der Waals surface area contributed by atoms with E-state index in [1.165, 1.54) is 7.11 Å². The van der Waals surface area contributed by atoms with Gasteiger partial charge >= 0.3 is 0 Å². The minimum absolute atomic E-state index is 0.201. The molecule has 1 N–H and O–H groups in total. The van der Waals surface area contributed by atoms with E-state index in [2.05, 4.69) is 14.7 Å². The van der Waals surface area contributed by atoms with Gasteiger partial charge in [0, 0.05) is 23.1 Å². The number of nitrogens with zero attached hydrogens (tertiary/aromatic N) is 3. The third-order valence-electron chi connectivity index (χ3n) is 3.58. The highest BCUT2D eigenvalue weighted by Gasteiger charge is 2.11. The zero-order valence-electron chi connectivity index (χ0n) is 13.0. The molecule has 1 amide bonds. The number of carbonyl (C=O) groups is 1. The Labute approximate surface area is 137 Å². The molecule has 0 radical (unpaired) electrons. The van der Waals surface area contributed by atoms with Crippen LogP contribution in [0.2, 0.25) is 0 Å². The van der Waals surface area contributed by atoms with Gasteiger partial charge in [0.2, 0.25) is 5.88 Å². The van der Waals surface area contributed by atoms with E-state index in [1.807, 2.05) is 42.7 Å². The van der Waals surface area contributed by atoms with Gasteiger partial charge in [-0.2, -0.15) is 4.37 Å². The molecule has 3 rings (SSSR count). The zero-order valence-corrected chi connectivity index (χ0v) is 13.8. The maximum atomic E-state index is 12.1. The summed E-state index contributed by atoms with van der Waals surface area (Å²) < 4.78 is 11.0. The summed E-state index contributed by atoms with van der Waals surface area (Å²) in [4.78, 5) is 16.9. The Hall–Kier alpha value is -2.67. The molecule has 2 aromatic heterocycles. The molecule has 23 heavy (non-hydrogen) atoms. The summed E-state index contributed by atoms with van der Waals surface area (Å²) in [6, 6.07) is 9.22. The molecule has 2 heterocycles. The number of aromatic nitrogens is 3. The molecule has 0 atom stereocenters. The van der Waals surface area contributed by atoms with Crippen molar-refractivity contribution in [2.24, 2.45) is 0 Å². The van der Waals surface area contributed by atoms with Crippen LogP contribution < -0.4 is 10.1 Å². The van der Waals surface area contributed by atoms with Crippen LogP contribution in [0.1, 0.15) is 21.1 Å². The first-order valence-electron chi connectivity index (χ1n) is 7.01. The number of hydrogen-bond acceptors (Lipinski definition) is 5. The molecule has 0 aliphatic heterocycles. The maximum Gasteiger partial charge on any atom is 0.267 e. The van der Waals surface area contributed by atoms with Gasteiger partial charge in [0.1, 0.15) is 4.88 Å². The van der Waals surface area contributed by atoms with Crippen LogP contribution in [0.4, 0.5) is 5.69 Å². The third kappa shape index (κ3) is 3.09. The fraction of sp³-hybridized carbons (Fsp3) is 0.188. The minimum Gasteiger partial charge on any atom is -0.480 e. The monoisotopic (exact) mass is 328 g/mol. The SMILES string of the molecule is COc1cc(C(=O)Nc2ccc(-n3cnc(C)c3C)cc2)sn1. The van der Waals surface area contributed by atoms with Crippen LogP contribution in [0.5, 0.6) is 5.88 Å². The van der Waals surface area contributed by atoms with Crippen molar-refractivity contribution in [1.29, 1.82) is 0 Å². The number of methoxy groups -OCH3 is 1. The molecule has 0 aliphatic rings. The van der Waals surface area contributed by atoms with Gasteiger partial charge in [0.15, 0.2) is 0 Å². The smallest absolute Gasteiger partial charge is 0.267 e. The normalized spacial score (nSPS) is 10.6. The molecule has 6 nitrogen and oxygen atoms in total. The summed E-state index contributed by atoms with van der Waals surface area (Å²) in [5.74, 6) is 0.245. The molecule has 0 unspecified atom stereocenters. The van der Waals surface area contributed by atoms with Crippen LogP contribution in [0.3, 0.4) is 0 Å². The molecule has 0 bridgehead atoms. The Balaban J connectivity index is 1.74. The molecule has 0 aliphatic carbocycles. The standard InChI is InChI=1S/C16H16N4O2S/c1-10-11(2)20(9-17-10)13-6-4-12(5-7-13)18-16(21)14-8-15(22-3)19-23-14/h4-9H,1-3H3,(H,18,21). The molecule has 0 saturated heterocycles. The van der Waals surface area contributed by atoms with Crippen LogP contribution in [-0.2, 0) is 0 Å². The number of benzene rings is 1. The van der Waals surface area contributed by atoms with Gasteiger partial charge in [-0.15, -0.1) is 0 Å². The van der Waals surface area contributed by atoms with Crippen molar-refractivity contribution in [3.8, 4) is 11.6 Å². The van der Waals surface area contributed by atoms with Gasteiger partial charge < -0.3 is 14.6 Å². The van der Waals surface area contributed by atoms with Crippen molar-refractivity contribution < 1.29 is 9.53 Å². The van der Waals surface area contributed by atoms with Gasteiger partial charge in [-0.3, -0.25) is 4.79 Å². The average Bonchev–Trinajstić information content (AvgIpc) is 3.16. The van der Waals surface area contributed by atoms with Gasteiger partial charge in [-0.05, 0) is 49.6 Å². The number of amides is 1. The lowest BCUT2D eigenvalue weighted by atomic mass is 10.2. The molecule has 0 saturated carbocycles. The predicted octanol–water partition coefficient (Wildman–Crippen LogP) is 3.21. The number of ether oxygens (including phenoxy) is 1. The Bertz CT molecular complexity index is 836. The van der Waals surface area contributed by atoms with E-state index in [4.69, 9.17) is 4.74 Å². The number of carbonyl (C=O) groups excluding carboxylic acids is 1. The van der Waals surface area contributed by atoms with Gasteiger partial charge in [-0.1, -0.05) is 0 Å². The summed E-state index contributed by atoms with van der Waals surface area (Å²) in [5, 5.41) is 2.85. The Morgan fingerprint density at radius 1 is 1.26 bits per heavy atom. The summed E-state index contributed by atoms with van der Waals surface area (Å²) in [6.45, 7) is 4.00. The summed E-state index contributed by atoms with van der Waals surface area (Å²) >= 11 is 1.11. The quantitative estimate of drug-likeness (QED) is 0.798. The van der Waals surface area contributed by atoms with Crippen LogP contribution in [-0.4, -0.2) is 26.9 Å². The number of anilines is 1. The minimum atomic E-state index is -0.201. The average molecular weight is 328 g/mol. The van der Waals surface area contributed by atoms with Crippen molar-refractivity contribution in [2.75, 3.05) is 12.4 Å². The Morgan fingerprint density at radius 2 is 2.00 bits per heavy atom. The van der Waals surface area contributed by atoms with Crippen LogP contribution in [0.25, 0.3) is 5.69 Å². The Morgan fingerprint density at radius 3 is 2.57 bits per heavy atom. The van der Waals surface area contributed by atoms with E-state index in [0.29, 0.717) is 10.8 Å². The highest BCUT2D eigenvalue weighted by atomic mass is 32.1. The number of aryl methyl sites for hydroxylation is 1. The highest BCUT2D eigenvalue weighted by molar-refractivity contribution is 7.08. The second-order valence-electron chi connectivity index (χ2n) is 5.02. The van der Waals surface area contributed by atoms with Gasteiger partial charge in [-0.25, -0.2) is 4.98 Å². The topological polar surface area (TPSA) is 69.0 Å². The largest absolute Gasteiger partial charge is 0.480 e. The first-order valence-corrected chi connectivity index (χ1v) is 7.79. The van der Waals surface area contributed by atoms with E-state index >= 15 is 0 Å². The summed E-state index contributed by atoms with van der Waals surface area (Å²) in [6.07, 6.45) is 1.79. The molecular formula is C16H16N4O2S. The fourth-order valence-corrected chi connectivity index (χ4v) is 2.72. The Kier molecular flexibility index (Phi) is 4.12. The second-order valence-corrected chi connectivity index (χ2v) is 5.82. The van der Waals surface area contributed by atoms with Crippen molar-refractivity contribution in [3.63, 3.8) is 0 Å². The van der Waals surface area contributed by atoms with Gasteiger partial charge in [0.05, 0.1) is 19.1 Å². The maximum absolute atomic E-state index is 12.1. The van der Waals surface area contributed by atoms with Gasteiger partial charge in [0.25, 0.3) is 5.91 Å². The molecule has 3 aromatic rings. The van der Waals surface area contributed by atoms with Crippen LogP contribution >= 0.6 is 11.5 Å². The fourth-order valence-electron chi connectivity index (χ4n) is 2.12. The van der Waals surface area contributed by atoms with Crippen LogP contribution in [0.15, 0.2) is 36.7 Å². The van der Waals surface area contributed by atoms with Crippen molar-refractivity contribution >= 4 is 23.1 Å². The molecular weight excluding hydrogens is 312 g/mol. The van der Waals surface area contributed by atoms with E-state index < -0.39 is 0 Å². The molecule has 7 heteroatoms. The predicted molar refractivity (Wildman–Crippen MR) is 89.7 cm³/mol. The number of hydrogen-bond donors (Lipinski definition) is 1. The third-order valence-corrected chi connectivity index (χ3v) is 4.35. The molecule has 118 valence electrons. The van der Waals surface area contributed by atoms with E-state index in [1.54, 1.807) is 12.4 Å². The van der Waals surface area contributed by atoms with E-state index in [0.717, 1.165) is 34.3 Å². The van der Waals surface area contributed by atoms with Crippen molar-refractivity contribution in [2.45, 2.75) is 13.8 Å². The lowest BCUT2D eigenvalue weighted by Gasteiger charge is -2.08. The summed E-state index contributed by atoms with van der Waals surface area (Å²) in [7, 11) is 1.52. The number of rotatable bonds is 4. The van der Waals surface area contributed by atoms with Crippen LogP contribution in [0, 0.1) is 13.8 Å². The van der Waals surface area contributed by atoms with Crippen molar-refractivity contribution in [3.05, 3.63) is 52.9 Å². The first kappa shape index (κ1) is 15.2. The number of imidazole rings is 1. The molecule has 0 fully saturated rings. The van der Waals surface area contributed by atoms with E-state index in [-0.39, 0.29) is 5.91 Å². The lowest BCUT2D eigenvalue weighted by molar-refractivity contribution is 0.103. The van der Waals surface area contributed by atoms with E-state index in [9.17, 15) is 4.79 Å². The highest BCUT2D eigenvalue weighted by Crippen LogP contribution is 2.20. The molecule has 1 aromatic carbocycles. The zero-order chi connectivity index (χ0) is 16.4. The first-order chi connectivity index (χ1) is 11.1. The molecule has 0 spiro atoms. The number of nitrogens with one attached hydrogen (secondary N) is 1. The summed E-state index contributed by atoms with van der Waals surface area (Å²) in [5.41, 5.74) is 3.82. The van der Waals surface area contributed by atoms with Crippen molar-refractivity contribution in [1.82, 2.24) is 13.9 Å².